The molecule has 0 N–H and O–H groups in total. The van der Waals surface area contributed by atoms with Crippen molar-refractivity contribution >= 4 is 0 Å². The highest BCUT2D eigenvalue weighted by Gasteiger charge is 2.12. The second-order valence-corrected chi connectivity index (χ2v) is 2.23. The molecule has 0 amide bonds. The topological polar surface area (TPSA) is 18.5 Å². The zero-order valence-corrected chi connectivity index (χ0v) is 6.68. The van der Waals surface area contributed by atoms with E-state index in [-0.39, 0.29) is 6.29 Å². The van der Waals surface area contributed by atoms with Crippen molar-refractivity contribution in [3.63, 3.8) is 0 Å². The van der Waals surface area contributed by atoms with Crippen molar-refractivity contribution in [1.82, 2.24) is 0 Å². The molecule has 0 spiro atoms. The third-order valence-electron chi connectivity index (χ3n) is 1.57. The summed E-state index contributed by atoms with van der Waals surface area (Å²) in [5, 5.41) is 0. The maximum atomic E-state index is 5.03. The molecule has 0 saturated carbocycles. The van der Waals surface area contributed by atoms with Crippen LogP contribution in [0, 0.1) is 5.92 Å². The summed E-state index contributed by atoms with van der Waals surface area (Å²) in [4.78, 5) is 0. The van der Waals surface area contributed by atoms with Crippen LogP contribution in [0.5, 0.6) is 0 Å². The van der Waals surface area contributed by atoms with E-state index in [0.29, 0.717) is 5.92 Å². The largest absolute Gasteiger partial charge is 0.356 e. The quantitative estimate of drug-likeness (QED) is 0.541. The van der Waals surface area contributed by atoms with Crippen LogP contribution < -0.4 is 0 Å². The molecule has 0 rings (SSSR count). The Hall–Kier alpha value is -0.0800. The molecule has 0 heterocycles. The van der Waals surface area contributed by atoms with Crippen LogP contribution >= 0.6 is 0 Å². The highest BCUT2D eigenvalue weighted by molar-refractivity contribution is 4.52. The predicted octanol–water partition coefficient (Wildman–Crippen LogP) is 1.65. The third kappa shape index (κ3) is 2.82. The summed E-state index contributed by atoms with van der Waals surface area (Å²) < 4.78 is 10.1. The minimum atomic E-state index is -0.0324. The van der Waals surface area contributed by atoms with E-state index < -0.39 is 0 Å². The lowest BCUT2D eigenvalue weighted by Gasteiger charge is -2.18. The Kier molecular flexibility index (Phi) is 4.72. The van der Waals surface area contributed by atoms with Gasteiger partial charge >= 0.3 is 0 Å². The van der Waals surface area contributed by atoms with Crippen LogP contribution in [0.4, 0.5) is 0 Å². The molecule has 0 bridgehead atoms. The minimum absolute atomic E-state index is 0.0324. The van der Waals surface area contributed by atoms with Gasteiger partial charge in [0.15, 0.2) is 6.29 Å². The van der Waals surface area contributed by atoms with E-state index in [2.05, 4.69) is 13.8 Å². The first kappa shape index (κ1) is 8.92. The van der Waals surface area contributed by atoms with Gasteiger partial charge in [0.05, 0.1) is 0 Å². The summed E-state index contributed by atoms with van der Waals surface area (Å²) >= 11 is 0. The number of hydrogen-bond donors (Lipinski definition) is 0. The average molecular weight is 132 g/mol. The summed E-state index contributed by atoms with van der Waals surface area (Å²) in [7, 11) is 3.33. The van der Waals surface area contributed by atoms with E-state index in [1.807, 2.05) is 0 Å². The maximum absolute atomic E-state index is 5.03. The van der Waals surface area contributed by atoms with Gasteiger partial charge in [-0.05, 0) is 6.42 Å². The number of rotatable bonds is 4. The van der Waals surface area contributed by atoms with E-state index in [1.54, 1.807) is 14.2 Å². The van der Waals surface area contributed by atoms with Crippen LogP contribution in [0.15, 0.2) is 0 Å². The van der Waals surface area contributed by atoms with Gasteiger partial charge < -0.3 is 9.47 Å². The van der Waals surface area contributed by atoms with Gasteiger partial charge in [0.1, 0.15) is 0 Å². The van der Waals surface area contributed by atoms with E-state index in [0.717, 1.165) is 6.42 Å². The van der Waals surface area contributed by atoms with Gasteiger partial charge in [-0.3, -0.25) is 0 Å². The SMILES string of the molecule is CC[C@H](C)C(OC)OC. The predicted molar refractivity (Wildman–Crippen MR) is 37.3 cm³/mol. The lowest BCUT2D eigenvalue weighted by Crippen LogP contribution is -2.21. The summed E-state index contributed by atoms with van der Waals surface area (Å²) in [6.07, 6.45) is 1.06. The summed E-state index contributed by atoms with van der Waals surface area (Å²) in [6.45, 7) is 4.23. The molecule has 9 heavy (non-hydrogen) atoms. The smallest absolute Gasteiger partial charge is 0.159 e. The van der Waals surface area contributed by atoms with E-state index in [9.17, 15) is 0 Å². The van der Waals surface area contributed by atoms with Crippen molar-refractivity contribution in [2.75, 3.05) is 14.2 Å². The van der Waals surface area contributed by atoms with Gasteiger partial charge in [-0.2, -0.15) is 0 Å². The Labute approximate surface area is 57.2 Å². The van der Waals surface area contributed by atoms with E-state index in [4.69, 9.17) is 9.47 Å². The Morgan fingerprint density at radius 1 is 1.22 bits per heavy atom. The summed E-state index contributed by atoms with van der Waals surface area (Å²) in [5.74, 6) is 0.486. The Balaban J connectivity index is 3.50. The molecule has 0 saturated heterocycles. The monoisotopic (exact) mass is 132 g/mol. The van der Waals surface area contributed by atoms with E-state index >= 15 is 0 Å². The van der Waals surface area contributed by atoms with Crippen molar-refractivity contribution in [1.29, 1.82) is 0 Å². The highest BCUT2D eigenvalue weighted by Crippen LogP contribution is 2.10. The van der Waals surface area contributed by atoms with Crippen LogP contribution in [0.2, 0.25) is 0 Å². The lowest BCUT2D eigenvalue weighted by atomic mass is 10.1. The van der Waals surface area contributed by atoms with Crippen molar-refractivity contribution in [2.45, 2.75) is 26.6 Å². The molecule has 1 atom stereocenters. The summed E-state index contributed by atoms with van der Waals surface area (Å²) in [6, 6.07) is 0. The van der Waals surface area contributed by atoms with Gasteiger partial charge in [0, 0.05) is 20.1 Å². The minimum Gasteiger partial charge on any atom is -0.356 e. The molecular weight excluding hydrogens is 116 g/mol. The average Bonchev–Trinajstić information content (AvgIpc) is 1.90. The van der Waals surface area contributed by atoms with E-state index in [1.165, 1.54) is 0 Å². The first-order valence-electron chi connectivity index (χ1n) is 3.31. The first-order chi connectivity index (χ1) is 4.26. The second kappa shape index (κ2) is 4.77. The fourth-order valence-electron chi connectivity index (χ4n) is 0.753. The number of methoxy groups -OCH3 is 2. The maximum Gasteiger partial charge on any atom is 0.159 e. The molecule has 0 aliphatic carbocycles. The molecule has 0 radical (unpaired) electrons. The molecule has 0 fully saturated rings. The lowest BCUT2D eigenvalue weighted by molar-refractivity contribution is -0.133. The molecular formula is C7H16O2. The Bertz CT molecular complexity index is 59.9. The van der Waals surface area contributed by atoms with Crippen LogP contribution in [0.1, 0.15) is 20.3 Å². The van der Waals surface area contributed by atoms with Gasteiger partial charge in [-0.25, -0.2) is 0 Å². The third-order valence-corrected chi connectivity index (χ3v) is 1.57. The zero-order chi connectivity index (χ0) is 7.28. The highest BCUT2D eigenvalue weighted by atomic mass is 16.7. The molecule has 0 unspecified atom stereocenters. The van der Waals surface area contributed by atoms with Crippen LogP contribution in [0.25, 0.3) is 0 Å². The molecule has 2 heteroatoms. The normalized spacial score (nSPS) is 14.3. The molecule has 0 aromatic heterocycles. The Morgan fingerprint density at radius 3 is 1.78 bits per heavy atom. The fourth-order valence-corrected chi connectivity index (χ4v) is 0.753. The molecule has 0 aromatic carbocycles. The molecule has 0 aromatic rings. The summed E-state index contributed by atoms with van der Waals surface area (Å²) in [5.41, 5.74) is 0. The van der Waals surface area contributed by atoms with Crippen molar-refractivity contribution in [3.05, 3.63) is 0 Å². The van der Waals surface area contributed by atoms with Crippen molar-refractivity contribution in [2.24, 2.45) is 5.92 Å². The molecule has 2 nitrogen and oxygen atoms in total. The van der Waals surface area contributed by atoms with Gasteiger partial charge in [-0.1, -0.05) is 13.8 Å². The van der Waals surface area contributed by atoms with Gasteiger partial charge in [-0.15, -0.1) is 0 Å². The van der Waals surface area contributed by atoms with Crippen molar-refractivity contribution in [3.8, 4) is 0 Å². The van der Waals surface area contributed by atoms with Crippen LogP contribution in [0.3, 0.4) is 0 Å². The molecule has 0 aliphatic heterocycles. The second-order valence-electron chi connectivity index (χ2n) is 2.23. The number of hydrogen-bond acceptors (Lipinski definition) is 2. The van der Waals surface area contributed by atoms with Gasteiger partial charge in [0.25, 0.3) is 0 Å². The van der Waals surface area contributed by atoms with Crippen LogP contribution in [-0.4, -0.2) is 20.5 Å². The van der Waals surface area contributed by atoms with Crippen LogP contribution in [-0.2, 0) is 9.47 Å². The zero-order valence-electron chi connectivity index (χ0n) is 6.68. The standard InChI is InChI=1S/C7H16O2/c1-5-6(2)7(8-3)9-4/h6-7H,5H2,1-4H3/t6-/m0/s1. The first-order valence-corrected chi connectivity index (χ1v) is 3.31. The fraction of sp³-hybridized carbons (Fsp3) is 1.00. The Morgan fingerprint density at radius 2 is 1.67 bits per heavy atom. The van der Waals surface area contributed by atoms with Crippen molar-refractivity contribution < 1.29 is 9.47 Å². The molecule has 56 valence electrons. The molecule has 0 aliphatic rings. The number of ether oxygens (including phenoxy) is 2. The van der Waals surface area contributed by atoms with Gasteiger partial charge in [0.2, 0.25) is 0 Å².